The Labute approximate surface area is 157 Å². The molecule has 0 aliphatic carbocycles. The van der Waals surface area contributed by atoms with Crippen molar-refractivity contribution in [1.29, 1.82) is 0 Å². The van der Waals surface area contributed by atoms with Gasteiger partial charge in [-0.15, -0.1) is 0 Å². The second kappa shape index (κ2) is 8.20. The number of hydrogen-bond acceptors (Lipinski definition) is 10. The van der Waals surface area contributed by atoms with Crippen molar-refractivity contribution in [1.82, 2.24) is 9.55 Å². The molecule has 0 aromatic carbocycles. The van der Waals surface area contributed by atoms with Gasteiger partial charge in [0, 0.05) is 13.8 Å². The van der Waals surface area contributed by atoms with Crippen LogP contribution in [0, 0.1) is 5.82 Å². The lowest BCUT2D eigenvalue weighted by molar-refractivity contribution is -0.155. The van der Waals surface area contributed by atoms with Gasteiger partial charge >= 0.3 is 17.6 Å². The average Bonchev–Trinajstić information content (AvgIpc) is 2.84. The summed E-state index contributed by atoms with van der Waals surface area (Å²) in [6.45, 7) is 1.58. The lowest BCUT2D eigenvalue weighted by atomic mass is 10.1. The van der Waals surface area contributed by atoms with Crippen LogP contribution >= 0.6 is 0 Å². The summed E-state index contributed by atoms with van der Waals surface area (Å²) < 4.78 is 57.6. The molecule has 1 N–H and O–H groups in total. The summed E-state index contributed by atoms with van der Waals surface area (Å²) in [6, 6.07) is 0. The van der Waals surface area contributed by atoms with E-state index in [0.717, 1.165) is 20.1 Å². The van der Waals surface area contributed by atoms with Crippen molar-refractivity contribution in [3.8, 4) is 0 Å². The van der Waals surface area contributed by atoms with Gasteiger partial charge in [0.05, 0.1) is 12.5 Å². The van der Waals surface area contributed by atoms with Crippen molar-refractivity contribution in [2.24, 2.45) is 0 Å². The Kier molecular flexibility index (Phi) is 6.36. The van der Waals surface area contributed by atoms with Gasteiger partial charge in [-0.25, -0.2) is 4.79 Å². The molecule has 28 heavy (non-hydrogen) atoms. The maximum atomic E-state index is 13.7. The monoisotopic (exact) mass is 424 g/mol. The molecule has 1 aromatic heterocycles. The fourth-order valence-electron chi connectivity index (χ4n) is 2.55. The Morgan fingerprint density at radius 1 is 1.25 bits per heavy atom. The highest BCUT2D eigenvalue weighted by Crippen LogP contribution is 2.34. The summed E-state index contributed by atoms with van der Waals surface area (Å²) in [5.74, 6) is -2.94. The fraction of sp³-hybridized carbons (Fsp3) is 0.571. The number of carbonyl (C=O) groups is 2. The minimum absolute atomic E-state index is 0.508. The van der Waals surface area contributed by atoms with E-state index < -0.39 is 70.3 Å². The van der Waals surface area contributed by atoms with Crippen LogP contribution in [0.25, 0.3) is 0 Å². The van der Waals surface area contributed by atoms with Gasteiger partial charge < -0.3 is 14.2 Å². The lowest BCUT2D eigenvalue weighted by Gasteiger charge is -2.23. The van der Waals surface area contributed by atoms with E-state index in [1.165, 1.54) is 0 Å². The molecule has 12 nitrogen and oxygen atoms in total. The van der Waals surface area contributed by atoms with Crippen LogP contribution in [0.4, 0.5) is 4.39 Å². The molecule has 0 spiro atoms. The predicted octanol–water partition coefficient (Wildman–Crippen LogP) is -1.59. The van der Waals surface area contributed by atoms with E-state index in [-0.39, 0.29) is 0 Å². The van der Waals surface area contributed by atoms with Gasteiger partial charge in [-0.1, -0.05) is 0 Å². The maximum Gasteiger partial charge on any atom is 0.330 e. The molecule has 1 aliphatic heterocycles. The quantitative estimate of drug-likeness (QED) is 0.417. The van der Waals surface area contributed by atoms with Crippen LogP contribution in [0.3, 0.4) is 0 Å². The summed E-state index contributed by atoms with van der Waals surface area (Å²) in [5, 5.41) is 0. The molecular weight excluding hydrogens is 407 g/mol. The van der Waals surface area contributed by atoms with Crippen LogP contribution in [0.5, 0.6) is 0 Å². The van der Waals surface area contributed by atoms with Crippen molar-refractivity contribution < 1.29 is 40.8 Å². The third-order valence-corrected chi connectivity index (χ3v) is 4.09. The number of nitrogens with zero attached hydrogens (tertiary/aromatic N) is 1. The third kappa shape index (κ3) is 5.24. The summed E-state index contributed by atoms with van der Waals surface area (Å²) in [4.78, 5) is 47.5. The lowest BCUT2D eigenvalue weighted by Crippen LogP contribution is -2.43. The normalized spacial score (nSPS) is 24.7. The number of aromatic amines is 1. The largest absolute Gasteiger partial charge is 0.463 e. The zero-order chi connectivity index (χ0) is 21.2. The highest BCUT2D eigenvalue weighted by atomic mass is 32.2. The fourth-order valence-corrected chi connectivity index (χ4v) is 3.19. The first-order chi connectivity index (χ1) is 12.9. The first-order valence-electron chi connectivity index (χ1n) is 7.74. The van der Waals surface area contributed by atoms with Gasteiger partial charge in [-0.05, 0) is 0 Å². The number of halogens is 1. The molecule has 14 heteroatoms. The van der Waals surface area contributed by atoms with Gasteiger partial charge in [0.25, 0.3) is 15.7 Å². The van der Waals surface area contributed by atoms with Crippen LogP contribution in [0.15, 0.2) is 15.8 Å². The van der Waals surface area contributed by atoms with Crippen LogP contribution < -0.4 is 11.2 Å². The molecule has 0 bridgehead atoms. The number of hydrogen-bond donors (Lipinski definition) is 1. The van der Waals surface area contributed by atoms with Gasteiger partial charge in [-0.3, -0.25) is 28.1 Å². The van der Waals surface area contributed by atoms with E-state index in [1.54, 1.807) is 4.98 Å². The second-order valence-corrected chi connectivity index (χ2v) is 7.45. The molecule has 4 atom stereocenters. The minimum atomic E-state index is -4.11. The Hall–Kier alpha value is -2.58. The van der Waals surface area contributed by atoms with E-state index in [0.29, 0.717) is 10.8 Å². The minimum Gasteiger partial charge on any atom is -0.463 e. The molecule has 1 fully saturated rings. The number of aromatic nitrogens is 2. The van der Waals surface area contributed by atoms with Gasteiger partial charge in [-0.2, -0.15) is 12.8 Å². The van der Waals surface area contributed by atoms with E-state index in [4.69, 9.17) is 18.4 Å². The van der Waals surface area contributed by atoms with Gasteiger partial charge in [0.1, 0.15) is 18.8 Å². The van der Waals surface area contributed by atoms with Crippen LogP contribution in [-0.2, 0) is 38.1 Å². The van der Waals surface area contributed by atoms with Crippen LogP contribution in [0.1, 0.15) is 20.1 Å². The van der Waals surface area contributed by atoms with Crippen LogP contribution in [-0.4, -0.2) is 61.1 Å². The topological polar surface area (TPSA) is 160 Å². The maximum absolute atomic E-state index is 13.7. The molecule has 0 unspecified atom stereocenters. The number of esters is 2. The van der Waals surface area contributed by atoms with E-state index in [2.05, 4.69) is 0 Å². The molecule has 0 saturated carbocycles. The first kappa shape index (κ1) is 21.7. The molecule has 2 heterocycles. The molecule has 1 saturated heterocycles. The number of H-pyrrole nitrogens is 1. The smallest absolute Gasteiger partial charge is 0.330 e. The predicted molar refractivity (Wildman–Crippen MR) is 87.1 cm³/mol. The molecule has 156 valence electrons. The molecular formula is C14H17FN2O10S. The number of nitrogens with one attached hydrogen (secondary N) is 1. The zero-order valence-electron chi connectivity index (χ0n) is 14.9. The standard InChI is InChI=1S/C14H17FN2O10S/c1-6(18)24-5-9-10(27-28(3,22)23)11(25-7(2)19)13(26-9)17-4-8(15)12(20)16-14(17)21/h4,9-11,13H,5H2,1-3H3,(H,16,20,21)/t9-,10+,11-,13-/m1/s1. The highest BCUT2D eigenvalue weighted by Gasteiger charge is 2.51. The van der Waals surface area contributed by atoms with Crippen molar-refractivity contribution in [3.05, 3.63) is 32.9 Å². The van der Waals surface area contributed by atoms with Crippen LogP contribution in [0.2, 0.25) is 0 Å². The van der Waals surface area contributed by atoms with Crippen molar-refractivity contribution in [2.75, 3.05) is 12.9 Å². The number of ether oxygens (including phenoxy) is 3. The van der Waals surface area contributed by atoms with E-state index in [1.807, 2.05) is 0 Å². The molecule has 1 aromatic rings. The SMILES string of the molecule is CC(=O)OC[C@H]1O[C@@H](n2cc(F)c(=O)[nH]c2=O)[C@H](OC(C)=O)[C@H]1OS(C)(=O)=O. The zero-order valence-corrected chi connectivity index (χ0v) is 15.7. The molecule has 1 aliphatic rings. The Bertz CT molecular complexity index is 985. The summed E-state index contributed by atoms with van der Waals surface area (Å²) in [6.07, 6.45) is -4.71. The van der Waals surface area contributed by atoms with E-state index in [9.17, 15) is 32.0 Å². The first-order valence-corrected chi connectivity index (χ1v) is 9.56. The summed E-state index contributed by atoms with van der Waals surface area (Å²) in [5.41, 5.74) is -2.40. The van der Waals surface area contributed by atoms with Crippen molar-refractivity contribution in [3.63, 3.8) is 0 Å². The molecule has 2 rings (SSSR count). The van der Waals surface area contributed by atoms with Gasteiger partial charge in [0.2, 0.25) is 5.82 Å². The Morgan fingerprint density at radius 2 is 1.89 bits per heavy atom. The Morgan fingerprint density at radius 3 is 2.43 bits per heavy atom. The summed E-state index contributed by atoms with van der Waals surface area (Å²) >= 11 is 0. The summed E-state index contributed by atoms with van der Waals surface area (Å²) in [7, 11) is -4.11. The average molecular weight is 424 g/mol. The number of rotatable bonds is 6. The molecule has 0 amide bonds. The number of carbonyl (C=O) groups excluding carboxylic acids is 2. The van der Waals surface area contributed by atoms with E-state index >= 15 is 0 Å². The highest BCUT2D eigenvalue weighted by molar-refractivity contribution is 7.86. The molecule has 0 radical (unpaired) electrons. The third-order valence-electron chi connectivity index (χ3n) is 3.52. The van der Waals surface area contributed by atoms with Crippen molar-refractivity contribution in [2.45, 2.75) is 38.4 Å². The second-order valence-electron chi connectivity index (χ2n) is 5.85. The Balaban J connectivity index is 2.52. The van der Waals surface area contributed by atoms with Crippen molar-refractivity contribution >= 4 is 22.1 Å². The van der Waals surface area contributed by atoms with Gasteiger partial charge in [0.15, 0.2) is 12.3 Å².